The molecule has 11 heteroatoms. The van der Waals surface area contributed by atoms with E-state index in [2.05, 4.69) is 10.6 Å². The van der Waals surface area contributed by atoms with E-state index in [0.717, 1.165) is 11.3 Å². The Morgan fingerprint density at radius 2 is 1.87 bits per heavy atom. The molecule has 0 saturated carbocycles. The van der Waals surface area contributed by atoms with E-state index in [1.807, 2.05) is 13.8 Å². The van der Waals surface area contributed by atoms with E-state index >= 15 is 0 Å². The number of benzene rings is 1. The van der Waals surface area contributed by atoms with Gasteiger partial charge in [0, 0.05) is 19.2 Å². The number of rotatable bonds is 7. The summed E-state index contributed by atoms with van der Waals surface area (Å²) in [6.07, 6.45) is 0. The highest BCUT2D eigenvalue weighted by molar-refractivity contribution is 7.80. The molecular formula is C19H22N4O5S2. The summed E-state index contributed by atoms with van der Waals surface area (Å²) in [4.78, 5) is 37.9. The predicted molar refractivity (Wildman–Crippen MR) is 121 cm³/mol. The Kier molecular flexibility index (Phi) is 7.84. The van der Waals surface area contributed by atoms with Crippen molar-refractivity contribution in [2.45, 2.75) is 20.8 Å². The van der Waals surface area contributed by atoms with Crippen LogP contribution in [0.4, 0.5) is 16.4 Å². The zero-order valence-electron chi connectivity index (χ0n) is 17.0. The average Bonchev–Trinajstić information content (AvgIpc) is 3.04. The molecule has 9 nitrogen and oxygen atoms in total. The fraction of sp³-hybridized carbons (Fsp3) is 0.316. The third-order valence-electron chi connectivity index (χ3n) is 4.36. The molecule has 0 saturated heterocycles. The number of anilines is 2. The molecule has 0 unspecified atom stereocenters. The lowest BCUT2D eigenvalue weighted by atomic mass is 10.1. The van der Waals surface area contributed by atoms with Crippen LogP contribution in [0, 0.1) is 17.0 Å². The first-order valence-electron chi connectivity index (χ1n) is 9.07. The lowest BCUT2D eigenvalue weighted by Gasteiger charge is -2.17. The zero-order chi connectivity index (χ0) is 22.4. The summed E-state index contributed by atoms with van der Waals surface area (Å²) in [7, 11) is 1.25. The molecule has 0 aliphatic carbocycles. The number of ether oxygens (including phenoxy) is 1. The quantitative estimate of drug-likeness (QED) is 0.281. The monoisotopic (exact) mass is 450 g/mol. The van der Waals surface area contributed by atoms with Gasteiger partial charge in [-0.3, -0.25) is 14.9 Å². The van der Waals surface area contributed by atoms with E-state index in [-0.39, 0.29) is 28.0 Å². The van der Waals surface area contributed by atoms with Gasteiger partial charge in [0.25, 0.3) is 11.6 Å². The highest BCUT2D eigenvalue weighted by Crippen LogP contribution is 2.35. The molecule has 2 N–H and O–H groups in total. The van der Waals surface area contributed by atoms with E-state index < -0.39 is 10.9 Å². The van der Waals surface area contributed by atoms with Gasteiger partial charge in [0.05, 0.1) is 22.5 Å². The lowest BCUT2D eigenvalue weighted by molar-refractivity contribution is -0.383. The van der Waals surface area contributed by atoms with Crippen LogP contribution in [-0.2, 0) is 4.74 Å². The molecule has 1 heterocycles. The van der Waals surface area contributed by atoms with Crippen LogP contribution in [0.5, 0.6) is 0 Å². The Morgan fingerprint density at radius 1 is 1.23 bits per heavy atom. The molecular weight excluding hydrogens is 428 g/mol. The number of thiophene rings is 1. The fourth-order valence-corrected chi connectivity index (χ4v) is 4.25. The van der Waals surface area contributed by atoms with Crippen molar-refractivity contribution in [3.63, 3.8) is 0 Å². The highest BCUT2D eigenvalue weighted by atomic mass is 32.1. The van der Waals surface area contributed by atoms with Crippen LogP contribution in [0.2, 0.25) is 0 Å². The molecule has 160 valence electrons. The SMILES string of the molecule is CCN(CC)C(=O)c1sc(NC(=S)Nc2ccccc2[N+](=O)[O-])c(C(=O)OC)c1C. The molecule has 0 fully saturated rings. The zero-order valence-corrected chi connectivity index (χ0v) is 18.6. The number of para-hydroxylation sites is 2. The van der Waals surface area contributed by atoms with Crippen molar-refractivity contribution in [2.75, 3.05) is 30.8 Å². The van der Waals surface area contributed by atoms with Crippen molar-refractivity contribution in [1.82, 2.24) is 4.90 Å². The van der Waals surface area contributed by atoms with Crippen LogP contribution in [0.1, 0.15) is 39.4 Å². The Morgan fingerprint density at radius 3 is 2.43 bits per heavy atom. The molecule has 0 aliphatic heterocycles. The lowest BCUT2D eigenvalue weighted by Crippen LogP contribution is -2.30. The molecule has 30 heavy (non-hydrogen) atoms. The maximum absolute atomic E-state index is 12.8. The van der Waals surface area contributed by atoms with Gasteiger partial charge >= 0.3 is 5.97 Å². The summed E-state index contributed by atoms with van der Waals surface area (Å²) >= 11 is 6.36. The van der Waals surface area contributed by atoms with Gasteiger partial charge in [0.2, 0.25) is 0 Å². The molecule has 0 atom stereocenters. The van der Waals surface area contributed by atoms with E-state index in [1.165, 1.54) is 19.2 Å². The third-order valence-corrected chi connectivity index (χ3v) is 5.76. The first-order chi connectivity index (χ1) is 14.2. The number of hydrogen-bond donors (Lipinski definition) is 2. The number of nitro groups is 1. The number of nitrogens with one attached hydrogen (secondary N) is 2. The van der Waals surface area contributed by atoms with Crippen LogP contribution in [-0.4, -0.2) is 47.0 Å². The number of methoxy groups -OCH3 is 1. The molecule has 0 bridgehead atoms. The smallest absolute Gasteiger partial charge is 0.341 e. The Balaban J connectivity index is 2.38. The highest BCUT2D eigenvalue weighted by Gasteiger charge is 2.27. The summed E-state index contributed by atoms with van der Waals surface area (Å²) < 4.78 is 4.86. The molecule has 1 aromatic heterocycles. The second-order valence-electron chi connectivity index (χ2n) is 6.08. The van der Waals surface area contributed by atoms with Gasteiger partial charge in [-0.05, 0) is 44.6 Å². The van der Waals surface area contributed by atoms with Gasteiger partial charge < -0.3 is 20.3 Å². The third kappa shape index (κ3) is 4.92. The normalized spacial score (nSPS) is 10.3. The van der Waals surface area contributed by atoms with Crippen molar-refractivity contribution in [3.8, 4) is 0 Å². The Hall–Kier alpha value is -3.05. The van der Waals surface area contributed by atoms with Crippen LogP contribution in [0.3, 0.4) is 0 Å². The summed E-state index contributed by atoms with van der Waals surface area (Å²) in [5.74, 6) is -0.809. The van der Waals surface area contributed by atoms with Crippen LogP contribution in [0.15, 0.2) is 24.3 Å². The topological polar surface area (TPSA) is 114 Å². The Bertz CT molecular complexity index is 985. The first-order valence-corrected chi connectivity index (χ1v) is 10.3. The van der Waals surface area contributed by atoms with Crippen LogP contribution in [0.25, 0.3) is 0 Å². The van der Waals surface area contributed by atoms with E-state index in [4.69, 9.17) is 17.0 Å². The minimum Gasteiger partial charge on any atom is -0.465 e. The molecule has 0 radical (unpaired) electrons. The number of carbonyl (C=O) groups is 2. The maximum atomic E-state index is 12.8. The molecule has 1 aromatic carbocycles. The first kappa shape index (κ1) is 23.2. The van der Waals surface area contributed by atoms with Crippen LogP contribution < -0.4 is 10.6 Å². The summed E-state index contributed by atoms with van der Waals surface area (Å²) in [5, 5.41) is 17.2. The largest absolute Gasteiger partial charge is 0.465 e. The second-order valence-corrected chi connectivity index (χ2v) is 7.51. The number of esters is 1. The van der Waals surface area contributed by atoms with Gasteiger partial charge in [-0.1, -0.05) is 12.1 Å². The van der Waals surface area contributed by atoms with E-state index in [9.17, 15) is 19.7 Å². The summed E-state index contributed by atoms with van der Waals surface area (Å²) in [6, 6.07) is 6.04. The molecule has 0 spiro atoms. The number of thiocarbonyl (C=S) groups is 1. The predicted octanol–water partition coefficient (Wildman–Crippen LogP) is 4.04. The van der Waals surface area contributed by atoms with E-state index in [0.29, 0.717) is 28.5 Å². The van der Waals surface area contributed by atoms with Crippen molar-refractivity contribution < 1.29 is 19.2 Å². The van der Waals surface area contributed by atoms with Gasteiger partial charge in [0.1, 0.15) is 10.7 Å². The van der Waals surface area contributed by atoms with Crippen molar-refractivity contribution >= 4 is 56.9 Å². The molecule has 2 rings (SSSR count). The number of nitrogens with zero attached hydrogens (tertiary/aromatic N) is 2. The molecule has 1 amide bonds. The summed E-state index contributed by atoms with van der Waals surface area (Å²) in [6.45, 7) is 6.47. The van der Waals surface area contributed by atoms with Crippen molar-refractivity contribution in [2.24, 2.45) is 0 Å². The fourth-order valence-electron chi connectivity index (χ4n) is 2.80. The van der Waals surface area contributed by atoms with Gasteiger partial charge in [-0.15, -0.1) is 11.3 Å². The van der Waals surface area contributed by atoms with Crippen LogP contribution >= 0.6 is 23.6 Å². The number of hydrogen-bond acceptors (Lipinski definition) is 7. The molecule has 2 aromatic rings. The summed E-state index contributed by atoms with van der Waals surface area (Å²) in [5.41, 5.74) is 0.742. The van der Waals surface area contributed by atoms with Crippen molar-refractivity contribution in [1.29, 1.82) is 0 Å². The number of carbonyl (C=O) groups excluding carboxylic acids is 2. The minimum atomic E-state index is -0.613. The maximum Gasteiger partial charge on any atom is 0.341 e. The number of amides is 1. The second kappa shape index (κ2) is 10.1. The van der Waals surface area contributed by atoms with Crippen molar-refractivity contribution in [3.05, 3.63) is 50.4 Å². The Labute approximate surface area is 183 Å². The van der Waals surface area contributed by atoms with Gasteiger partial charge in [0.15, 0.2) is 5.11 Å². The van der Waals surface area contributed by atoms with E-state index in [1.54, 1.807) is 24.0 Å². The molecule has 0 aliphatic rings. The standard InChI is InChI=1S/C19H22N4O5S2/c1-5-22(6-2)17(24)15-11(3)14(18(25)28-4)16(30-15)21-19(29)20-12-9-7-8-10-13(12)23(26)27/h7-10H,5-6H2,1-4H3,(H2,20,21,29). The number of nitro benzene ring substituents is 1. The average molecular weight is 451 g/mol. The van der Waals surface area contributed by atoms with Gasteiger partial charge in [-0.25, -0.2) is 4.79 Å². The minimum absolute atomic E-state index is 0.0394. The van der Waals surface area contributed by atoms with Gasteiger partial charge in [-0.2, -0.15) is 0 Å².